The third-order valence-electron chi connectivity index (χ3n) is 3.15. The second-order valence-corrected chi connectivity index (χ2v) is 4.64. The van der Waals surface area contributed by atoms with Crippen LogP contribution in [0.1, 0.15) is 18.0 Å². The Hall–Kier alpha value is -1.43. The molecule has 1 aliphatic rings. The maximum absolute atomic E-state index is 11.9. The van der Waals surface area contributed by atoms with Crippen LogP contribution in [0.15, 0.2) is 30.3 Å². The van der Waals surface area contributed by atoms with Crippen LogP contribution in [0.3, 0.4) is 0 Å². The van der Waals surface area contributed by atoms with Gasteiger partial charge in [0.15, 0.2) is 0 Å². The van der Waals surface area contributed by atoms with E-state index in [1.165, 1.54) is 0 Å². The summed E-state index contributed by atoms with van der Waals surface area (Å²) in [5.41, 5.74) is 0.909. The lowest BCUT2D eigenvalue weighted by Gasteiger charge is -2.24. The molecule has 2 rings (SSSR count). The minimum atomic E-state index is -0.349. The van der Waals surface area contributed by atoms with E-state index < -0.39 is 0 Å². The van der Waals surface area contributed by atoms with Crippen LogP contribution in [-0.4, -0.2) is 43.4 Å². The zero-order chi connectivity index (χ0) is 13.5. The summed E-state index contributed by atoms with van der Waals surface area (Å²) in [7, 11) is 0. The maximum Gasteiger partial charge on any atom is 0.222 e. The van der Waals surface area contributed by atoms with E-state index in [9.17, 15) is 9.90 Å². The van der Waals surface area contributed by atoms with Gasteiger partial charge in [0.1, 0.15) is 0 Å². The van der Waals surface area contributed by atoms with Crippen molar-refractivity contribution in [3.8, 4) is 0 Å². The Labute approximate surface area is 113 Å². The number of amides is 1. The first-order valence-electron chi connectivity index (χ1n) is 6.56. The summed E-state index contributed by atoms with van der Waals surface area (Å²) in [5, 5.41) is 15.5. The molecule has 5 nitrogen and oxygen atoms in total. The van der Waals surface area contributed by atoms with Crippen LogP contribution in [0.5, 0.6) is 0 Å². The minimum Gasteiger partial charge on any atom is -0.394 e. The first-order chi connectivity index (χ1) is 9.29. The molecule has 5 heteroatoms. The molecule has 1 amide bonds. The van der Waals surface area contributed by atoms with E-state index in [1.54, 1.807) is 0 Å². The number of morpholine rings is 1. The van der Waals surface area contributed by atoms with Gasteiger partial charge in [-0.25, -0.2) is 0 Å². The summed E-state index contributed by atoms with van der Waals surface area (Å²) >= 11 is 0. The number of carbonyl (C=O) groups excluding carboxylic acids is 1. The predicted molar refractivity (Wildman–Crippen MR) is 71.6 cm³/mol. The van der Waals surface area contributed by atoms with Gasteiger partial charge in [-0.3, -0.25) is 4.79 Å². The van der Waals surface area contributed by atoms with Crippen LogP contribution < -0.4 is 10.6 Å². The van der Waals surface area contributed by atoms with E-state index in [4.69, 9.17) is 4.74 Å². The number of hydrogen-bond donors (Lipinski definition) is 3. The van der Waals surface area contributed by atoms with Crippen LogP contribution in [0.25, 0.3) is 0 Å². The van der Waals surface area contributed by atoms with Crippen molar-refractivity contribution in [1.29, 1.82) is 0 Å². The first-order valence-corrected chi connectivity index (χ1v) is 6.56. The van der Waals surface area contributed by atoms with Gasteiger partial charge in [-0.2, -0.15) is 0 Å². The van der Waals surface area contributed by atoms with Gasteiger partial charge >= 0.3 is 0 Å². The van der Waals surface area contributed by atoms with E-state index in [-0.39, 0.29) is 24.6 Å². The molecule has 1 saturated heterocycles. The number of aliphatic hydroxyl groups excluding tert-OH is 1. The van der Waals surface area contributed by atoms with Gasteiger partial charge in [0, 0.05) is 19.0 Å². The van der Waals surface area contributed by atoms with E-state index in [0.717, 1.165) is 12.1 Å². The number of hydrogen-bond acceptors (Lipinski definition) is 4. The zero-order valence-corrected chi connectivity index (χ0v) is 10.8. The molecule has 0 bridgehead atoms. The highest BCUT2D eigenvalue weighted by molar-refractivity contribution is 5.77. The van der Waals surface area contributed by atoms with Gasteiger partial charge in [-0.15, -0.1) is 0 Å². The lowest BCUT2D eigenvalue weighted by molar-refractivity contribution is -0.123. The van der Waals surface area contributed by atoms with Crippen molar-refractivity contribution >= 4 is 5.91 Å². The minimum absolute atomic E-state index is 0.0591. The molecule has 0 aromatic heterocycles. The topological polar surface area (TPSA) is 70.6 Å². The largest absolute Gasteiger partial charge is 0.394 e. The summed E-state index contributed by atoms with van der Waals surface area (Å²) in [6.07, 6.45) is 0.364. The number of aliphatic hydroxyl groups is 1. The van der Waals surface area contributed by atoms with Gasteiger partial charge < -0.3 is 20.5 Å². The van der Waals surface area contributed by atoms with Crippen molar-refractivity contribution in [2.24, 2.45) is 0 Å². The van der Waals surface area contributed by atoms with E-state index in [2.05, 4.69) is 10.6 Å². The number of rotatable bonds is 5. The molecule has 0 aliphatic carbocycles. The molecular formula is C14H20N2O3. The van der Waals surface area contributed by atoms with Crippen molar-refractivity contribution in [2.45, 2.75) is 18.5 Å². The molecule has 19 heavy (non-hydrogen) atoms. The summed E-state index contributed by atoms with van der Waals surface area (Å²) in [6, 6.07) is 9.18. The molecule has 0 saturated carbocycles. The van der Waals surface area contributed by atoms with Crippen molar-refractivity contribution in [3.63, 3.8) is 0 Å². The van der Waals surface area contributed by atoms with Crippen molar-refractivity contribution in [2.75, 3.05) is 26.4 Å². The second kappa shape index (κ2) is 7.23. The Kier molecular flexibility index (Phi) is 5.32. The molecule has 2 unspecified atom stereocenters. The van der Waals surface area contributed by atoms with E-state index >= 15 is 0 Å². The van der Waals surface area contributed by atoms with Crippen molar-refractivity contribution < 1.29 is 14.6 Å². The van der Waals surface area contributed by atoms with Gasteiger partial charge in [-0.05, 0) is 5.56 Å². The molecule has 1 heterocycles. The smallest absolute Gasteiger partial charge is 0.222 e. The van der Waals surface area contributed by atoms with Gasteiger partial charge in [-0.1, -0.05) is 30.3 Å². The summed E-state index contributed by atoms with van der Waals surface area (Å²) in [4.78, 5) is 11.9. The first kappa shape index (κ1) is 14.0. The normalized spacial score (nSPS) is 20.8. The maximum atomic E-state index is 11.9. The monoisotopic (exact) mass is 264 g/mol. The number of carbonyl (C=O) groups is 1. The third-order valence-corrected chi connectivity index (χ3v) is 3.15. The zero-order valence-electron chi connectivity index (χ0n) is 10.8. The fourth-order valence-electron chi connectivity index (χ4n) is 2.15. The standard InChI is InChI=1S/C14H20N2O3/c17-9-13(11-4-2-1-3-5-11)16-14(18)8-12-10-19-7-6-15-12/h1-5,12-13,15,17H,6-10H2,(H,16,18). The quantitative estimate of drug-likeness (QED) is 0.711. The molecule has 1 aromatic carbocycles. The molecule has 3 N–H and O–H groups in total. The highest BCUT2D eigenvalue weighted by Crippen LogP contribution is 2.12. The molecule has 2 atom stereocenters. The Bertz CT molecular complexity index is 391. The molecular weight excluding hydrogens is 244 g/mol. The summed E-state index contributed by atoms with van der Waals surface area (Å²) < 4.78 is 5.31. The van der Waals surface area contributed by atoms with E-state index in [0.29, 0.717) is 19.6 Å². The molecule has 1 aliphatic heterocycles. The number of nitrogens with one attached hydrogen (secondary N) is 2. The van der Waals surface area contributed by atoms with Crippen LogP contribution in [0.2, 0.25) is 0 Å². The lowest BCUT2D eigenvalue weighted by Crippen LogP contribution is -2.44. The Morgan fingerprint density at radius 3 is 2.89 bits per heavy atom. The summed E-state index contributed by atoms with van der Waals surface area (Å²) in [5.74, 6) is -0.0779. The average Bonchev–Trinajstić information content (AvgIpc) is 2.47. The van der Waals surface area contributed by atoms with Crippen LogP contribution in [0, 0.1) is 0 Å². The summed E-state index contributed by atoms with van der Waals surface area (Å²) in [6.45, 7) is 1.92. The van der Waals surface area contributed by atoms with Crippen molar-refractivity contribution in [3.05, 3.63) is 35.9 Å². The Morgan fingerprint density at radius 1 is 1.47 bits per heavy atom. The number of ether oxygens (including phenoxy) is 1. The molecule has 0 radical (unpaired) electrons. The molecule has 1 fully saturated rings. The fourth-order valence-corrected chi connectivity index (χ4v) is 2.15. The van der Waals surface area contributed by atoms with Gasteiger partial charge in [0.05, 0.1) is 25.9 Å². The van der Waals surface area contributed by atoms with Crippen molar-refractivity contribution in [1.82, 2.24) is 10.6 Å². The second-order valence-electron chi connectivity index (χ2n) is 4.64. The highest BCUT2D eigenvalue weighted by atomic mass is 16.5. The number of benzene rings is 1. The fraction of sp³-hybridized carbons (Fsp3) is 0.500. The molecule has 0 spiro atoms. The van der Waals surface area contributed by atoms with Crippen LogP contribution in [-0.2, 0) is 9.53 Å². The van der Waals surface area contributed by atoms with Gasteiger partial charge in [0.25, 0.3) is 0 Å². The highest BCUT2D eigenvalue weighted by Gasteiger charge is 2.19. The Morgan fingerprint density at radius 2 is 2.26 bits per heavy atom. The van der Waals surface area contributed by atoms with E-state index in [1.807, 2.05) is 30.3 Å². The third kappa shape index (κ3) is 4.31. The lowest BCUT2D eigenvalue weighted by atomic mass is 10.1. The van der Waals surface area contributed by atoms with Crippen LogP contribution >= 0.6 is 0 Å². The average molecular weight is 264 g/mol. The SMILES string of the molecule is O=C(CC1COCCN1)NC(CO)c1ccccc1. The molecule has 104 valence electrons. The Balaban J connectivity index is 1.85. The predicted octanol–water partition coefficient (Wildman–Crippen LogP) is 0.215. The van der Waals surface area contributed by atoms with Gasteiger partial charge in [0.2, 0.25) is 5.91 Å². The molecule has 1 aromatic rings. The van der Waals surface area contributed by atoms with Crippen LogP contribution in [0.4, 0.5) is 0 Å².